The van der Waals surface area contributed by atoms with Gasteiger partial charge in [-0.25, -0.2) is 0 Å². The molecule has 2 aromatic rings. The van der Waals surface area contributed by atoms with Crippen LogP contribution in [-0.4, -0.2) is 52.3 Å². The van der Waals surface area contributed by atoms with E-state index in [0.29, 0.717) is 35.1 Å². The average molecular weight is 431 g/mol. The van der Waals surface area contributed by atoms with Crippen molar-refractivity contribution in [2.24, 2.45) is 5.92 Å². The van der Waals surface area contributed by atoms with Crippen LogP contribution < -0.4 is 29.6 Å². The second-order valence-electron chi connectivity index (χ2n) is 7.11. The van der Waals surface area contributed by atoms with Crippen LogP contribution in [0.25, 0.3) is 0 Å². The number of hydrogen-bond donors (Lipinski definition) is 2. The molecule has 2 rings (SSSR count). The molecule has 8 heteroatoms. The molecule has 2 amide bonds. The Morgan fingerprint density at radius 1 is 0.871 bits per heavy atom. The van der Waals surface area contributed by atoms with E-state index in [9.17, 15) is 9.59 Å². The normalized spacial score (nSPS) is 11.4. The second-order valence-corrected chi connectivity index (χ2v) is 7.11. The number of hydrogen-bond acceptors (Lipinski definition) is 6. The lowest BCUT2D eigenvalue weighted by molar-refractivity contribution is -0.124. The molecule has 0 spiro atoms. The van der Waals surface area contributed by atoms with Crippen molar-refractivity contribution in [2.45, 2.75) is 19.9 Å². The zero-order valence-corrected chi connectivity index (χ0v) is 18.6. The Hall–Kier alpha value is -3.42. The number of amides is 2. The molecule has 0 saturated heterocycles. The second kappa shape index (κ2) is 11.7. The molecule has 2 aromatic carbocycles. The Kier molecular flexibility index (Phi) is 8.99. The minimum absolute atomic E-state index is 0.115. The fourth-order valence-corrected chi connectivity index (χ4v) is 2.84. The lowest BCUT2D eigenvalue weighted by Crippen LogP contribution is -2.50. The third-order valence-electron chi connectivity index (χ3n) is 4.56. The van der Waals surface area contributed by atoms with Crippen LogP contribution in [0.4, 0.5) is 0 Å². The lowest BCUT2D eigenvalue weighted by atomic mass is 10.0. The van der Waals surface area contributed by atoms with Gasteiger partial charge in [-0.3, -0.25) is 9.59 Å². The molecule has 0 aliphatic carbocycles. The summed E-state index contributed by atoms with van der Waals surface area (Å²) in [7, 11) is 4.60. The topological polar surface area (TPSA) is 95.1 Å². The molecule has 8 nitrogen and oxygen atoms in total. The summed E-state index contributed by atoms with van der Waals surface area (Å²) in [5.74, 6) is 1.53. The molecule has 0 saturated carbocycles. The monoisotopic (exact) mass is 430 g/mol. The number of carbonyl (C=O) groups is 2. The number of nitrogens with one attached hydrogen (secondary N) is 2. The Morgan fingerprint density at radius 3 is 2.03 bits per heavy atom. The van der Waals surface area contributed by atoms with Gasteiger partial charge in [0.05, 0.1) is 27.9 Å². The van der Waals surface area contributed by atoms with E-state index in [1.807, 2.05) is 32.0 Å². The molecule has 1 unspecified atom stereocenters. The van der Waals surface area contributed by atoms with Gasteiger partial charge in [-0.2, -0.15) is 0 Å². The summed E-state index contributed by atoms with van der Waals surface area (Å²) in [6, 6.07) is 11.4. The summed E-state index contributed by atoms with van der Waals surface area (Å²) in [4.78, 5) is 25.4. The SMILES string of the molecule is COc1cccc(OCCNC(=O)C(NC(=O)c2cc(OC)cc(OC)c2)C(C)C)c1. The minimum atomic E-state index is -0.707. The summed E-state index contributed by atoms with van der Waals surface area (Å²) < 4.78 is 21.2. The van der Waals surface area contributed by atoms with Crippen molar-refractivity contribution in [3.63, 3.8) is 0 Å². The van der Waals surface area contributed by atoms with Crippen LogP contribution in [0.5, 0.6) is 23.0 Å². The quantitative estimate of drug-likeness (QED) is 0.532. The standard InChI is InChI=1S/C23H30N2O6/c1-15(2)21(25-22(26)16-11-19(29-4)14-20(12-16)30-5)23(27)24-9-10-31-18-8-6-7-17(13-18)28-3/h6-8,11-15,21H,9-10H2,1-5H3,(H,24,27)(H,25,26). The van der Waals surface area contributed by atoms with E-state index < -0.39 is 11.9 Å². The van der Waals surface area contributed by atoms with Crippen molar-refractivity contribution < 1.29 is 28.5 Å². The number of methoxy groups -OCH3 is 3. The van der Waals surface area contributed by atoms with Crippen LogP contribution >= 0.6 is 0 Å². The Morgan fingerprint density at radius 2 is 1.45 bits per heavy atom. The van der Waals surface area contributed by atoms with Crippen LogP contribution in [0, 0.1) is 5.92 Å². The van der Waals surface area contributed by atoms with Gasteiger partial charge in [-0.15, -0.1) is 0 Å². The maximum atomic E-state index is 12.7. The molecule has 0 radical (unpaired) electrons. The predicted octanol–water partition coefficient (Wildman–Crippen LogP) is 2.66. The summed E-state index contributed by atoms with van der Waals surface area (Å²) in [6.45, 7) is 4.31. The van der Waals surface area contributed by atoms with Crippen molar-refractivity contribution in [3.8, 4) is 23.0 Å². The minimum Gasteiger partial charge on any atom is -0.497 e. The maximum Gasteiger partial charge on any atom is 0.252 e. The first-order chi connectivity index (χ1) is 14.9. The van der Waals surface area contributed by atoms with Gasteiger partial charge in [0.2, 0.25) is 5.91 Å². The van der Waals surface area contributed by atoms with Crippen LogP contribution in [-0.2, 0) is 4.79 Å². The molecule has 0 aromatic heterocycles. The van der Waals surface area contributed by atoms with Crippen molar-refractivity contribution in [1.29, 1.82) is 0 Å². The fourth-order valence-electron chi connectivity index (χ4n) is 2.84. The third-order valence-corrected chi connectivity index (χ3v) is 4.56. The highest BCUT2D eigenvalue weighted by molar-refractivity contribution is 5.98. The van der Waals surface area contributed by atoms with Gasteiger partial charge >= 0.3 is 0 Å². The Bertz CT molecular complexity index is 862. The van der Waals surface area contributed by atoms with Crippen LogP contribution in [0.3, 0.4) is 0 Å². The van der Waals surface area contributed by atoms with Gasteiger partial charge in [-0.1, -0.05) is 19.9 Å². The van der Waals surface area contributed by atoms with Gasteiger partial charge in [0.25, 0.3) is 5.91 Å². The smallest absolute Gasteiger partial charge is 0.252 e. The summed E-state index contributed by atoms with van der Waals surface area (Å²) in [5, 5.41) is 5.59. The van der Waals surface area contributed by atoms with E-state index in [4.69, 9.17) is 18.9 Å². The first kappa shape index (κ1) is 23.9. The summed E-state index contributed by atoms with van der Waals surface area (Å²) in [6.07, 6.45) is 0. The molecule has 0 bridgehead atoms. The molecule has 0 aliphatic rings. The van der Waals surface area contributed by atoms with Crippen LogP contribution in [0.2, 0.25) is 0 Å². The lowest BCUT2D eigenvalue weighted by Gasteiger charge is -2.22. The van der Waals surface area contributed by atoms with Gasteiger partial charge < -0.3 is 29.6 Å². The molecular weight excluding hydrogens is 400 g/mol. The van der Waals surface area contributed by atoms with Gasteiger partial charge in [0, 0.05) is 17.7 Å². The van der Waals surface area contributed by atoms with E-state index in [0.717, 1.165) is 0 Å². The molecule has 168 valence electrons. The van der Waals surface area contributed by atoms with Crippen molar-refractivity contribution >= 4 is 11.8 Å². The third kappa shape index (κ3) is 7.09. The van der Waals surface area contributed by atoms with Gasteiger partial charge in [-0.05, 0) is 30.2 Å². The number of benzene rings is 2. The molecule has 2 N–H and O–H groups in total. The maximum absolute atomic E-state index is 12.7. The predicted molar refractivity (Wildman–Crippen MR) is 117 cm³/mol. The number of carbonyl (C=O) groups excluding carboxylic acids is 2. The van der Waals surface area contributed by atoms with E-state index in [1.54, 1.807) is 31.4 Å². The summed E-state index contributed by atoms with van der Waals surface area (Å²) in [5.41, 5.74) is 0.344. The molecule has 0 heterocycles. The molecule has 0 aliphatic heterocycles. The van der Waals surface area contributed by atoms with E-state index in [2.05, 4.69) is 10.6 Å². The first-order valence-corrected chi connectivity index (χ1v) is 9.96. The highest BCUT2D eigenvalue weighted by atomic mass is 16.5. The zero-order valence-electron chi connectivity index (χ0n) is 18.6. The van der Waals surface area contributed by atoms with Crippen LogP contribution in [0.1, 0.15) is 24.2 Å². The zero-order chi connectivity index (χ0) is 22.8. The average Bonchev–Trinajstić information content (AvgIpc) is 2.79. The molecule has 1 atom stereocenters. The van der Waals surface area contributed by atoms with Gasteiger partial charge in [0.15, 0.2) is 0 Å². The number of rotatable bonds is 11. The highest BCUT2D eigenvalue weighted by Gasteiger charge is 2.25. The number of ether oxygens (including phenoxy) is 4. The van der Waals surface area contributed by atoms with Crippen molar-refractivity contribution in [1.82, 2.24) is 10.6 Å². The summed E-state index contributed by atoms with van der Waals surface area (Å²) >= 11 is 0. The first-order valence-electron chi connectivity index (χ1n) is 9.96. The molecular formula is C23H30N2O6. The van der Waals surface area contributed by atoms with Crippen LogP contribution in [0.15, 0.2) is 42.5 Å². The molecule has 31 heavy (non-hydrogen) atoms. The fraction of sp³-hybridized carbons (Fsp3) is 0.391. The van der Waals surface area contributed by atoms with E-state index >= 15 is 0 Å². The van der Waals surface area contributed by atoms with E-state index in [1.165, 1.54) is 14.2 Å². The Balaban J connectivity index is 1.93. The highest BCUT2D eigenvalue weighted by Crippen LogP contribution is 2.23. The Labute approximate surface area is 182 Å². The van der Waals surface area contributed by atoms with Crippen molar-refractivity contribution in [3.05, 3.63) is 48.0 Å². The molecule has 0 fully saturated rings. The van der Waals surface area contributed by atoms with Gasteiger partial charge in [0.1, 0.15) is 35.6 Å². The van der Waals surface area contributed by atoms with E-state index in [-0.39, 0.29) is 18.4 Å². The van der Waals surface area contributed by atoms with Crippen molar-refractivity contribution in [2.75, 3.05) is 34.5 Å². The largest absolute Gasteiger partial charge is 0.497 e.